The number of carbonyl (C=O) groups is 1. The van der Waals surface area contributed by atoms with Crippen molar-refractivity contribution < 1.29 is 13.2 Å². The van der Waals surface area contributed by atoms with E-state index in [2.05, 4.69) is 26.1 Å². The molecule has 1 amide bonds. The number of amides is 1. The van der Waals surface area contributed by atoms with Crippen LogP contribution in [0.1, 0.15) is 40.0 Å². The maximum absolute atomic E-state index is 12.6. The van der Waals surface area contributed by atoms with Crippen molar-refractivity contribution in [2.75, 3.05) is 19.6 Å². The minimum absolute atomic E-state index is 0.0519. The fourth-order valence-electron chi connectivity index (χ4n) is 2.80. The van der Waals surface area contributed by atoms with E-state index in [0.29, 0.717) is 37.4 Å². The van der Waals surface area contributed by atoms with Crippen LogP contribution in [-0.4, -0.2) is 38.3 Å². The van der Waals surface area contributed by atoms with Gasteiger partial charge in [0.2, 0.25) is 15.9 Å². The normalized spacial score (nSPS) is 17.6. The first kappa shape index (κ1) is 18.9. The molecule has 0 unspecified atom stereocenters. The number of benzene rings is 1. The van der Waals surface area contributed by atoms with Crippen molar-refractivity contribution in [3.05, 3.63) is 30.3 Å². The highest BCUT2D eigenvalue weighted by Crippen LogP contribution is 2.24. The number of nitrogens with one attached hydrogen (secondary N) is 1. The van der Waals surface area contributed by atoms with Crippen molar-refractivity contribution in [1.82, 2.24) is 9.62 Å². The van der Waals surface area contributed by atoms with E-state index in [-0.39, 0.29) is 17.2 Å². The summed E-state index contributed by atoms with van der Waals surface area (Å²) in [6.07, 6.45) is 2.08. The Kier molecular flexibility index (Phi) is 6.04. The summed E-state index contributed by atoms with van der Waals surface area (Å²) in [4.78, 5) is 12.5. The maximum Gasteiger partial charge on any atom is 0.243 e. The van der Waals surface area contributed by atoms with E-state index in [4.69, 9.17) is 0 Å². The summed E-state index contributed by atoms with van der Waals surface area (Å²) in [7, 11) is -3.45. The highest BCUT2D eigenvalue weighted by Gasteiger charge is 2.31. The monoisotopic (exact) mass is 352 g/mol. The molecular formula is C18H28N2O3S. The van der Waals surface area contributed by atoms with Gasteiger partial charge in [0.15, 0.2) is 0 Å². The zero-order valence-corrected chi connectivity index (χ0v) is 15.6. The summed E-state index contributed by atoms with van der Waals surface area (Å²) in [5, 5.41) is 2.99. The second-order valence-electron chi connectivity index (χ2n) is 7.59. The van der Waals surface area contributed by atoms with Crippen LogP contribution < -0.4 is 5.32 Å². The number of sulfonamides is 1. The van der Waals surface area contributed by atoms with E-state index in [1.54, 1.807) is 30.3 Å². The zero-order chi connectivity index (χ0) is 17.8. The van der Waals surface area contributed by atoms with Crippen LogP contribution in [0.3, 0.4) is 0 Å². The molecule has 1 fully saturated rings. The lowest BCUT2D eigenvalue weighted by atomic mass is 9.92. The number of nitrogens with zero attached hydrogens (tertiary/aromatic N) is 1. The minimum Gasteiger partial charge on any atom is -0.356 e. The molecule has 1 saturated heterocycles. The maximum atomic E-state index is 12.6. The van der Waals surface area contributed by atoms with Crippen LogP contribution in [0.4, 0.5) is 0 Å². The Labute approximate surface area is 145 Å². The van der Waals surface area contributed by atoms with Crippen molar-refractivity contribution in [3.63, 3.8) is 0 Å². The zero-order valence-electron chi connectivity index (χ0n) is 14.8. The first-order valence-electron chi connectivity index (χ1n) is 8.53. The van der Waals surface area contributed by atoms with E-state index in [1.165, 1.54) is 4.31 Å². The average Bonchev–Trinajstić information content (AvgIpc) is 2.54. The molecule has 1 heterocycles. The third kappa shape index (κ3) is 5.05. The molecule has 1 N–H and O–H groups in total. The third-order valence-corrected chi connectivity index (χ3v) is 6.29. The van der Waals surface area contributed by atoms with Crippen LogP contribution in [0.25, 0.3) is 0 Å². The van der Waals surface area contributed by atoms with E-state index >= 15 is 0 Å². The molecule has 134 valence electrons. The lowest BCUT2D eigenvalue weighted by molar-refractivity contribution is -0.126. The number of piperidine rings is 1. The molecule has 24 heavy (non-hydrogen) atoms. The van der Waals surface area contributed by atoms with Gasteiger partial charge in [0, 0.05) is 25.6 Å². The van der Waals surface area contributed by atoms with E-state index in [0.717, 1.165) is 6.42 Å². The van der Waals surface area contributed by atoms with Crippen molar-refractivity contribution in [1.29, 1.82) is 0 Å². The first-order chi connectivity index (χ1) is 11.2. The number of rotatable bonds is 5. The predicted molar refractivity (Wildman–Crippen MR) is 95.0 cm³/mol. The molecule has 1 aliphatic heterocycles. The summed E-state index contributed by atoms with van der Waals surface area (Å²) >= 11 is 0. The van der Waals surface area contributed by atoms with Gasteiger partial charge >= 0.3 is 0 Å². The minimum atomic E-state index is -3.45. The van der Waals surface area contributed by atoms with Crippen LogP contribution in [0.5, 0.6) is 0 Å². The molecular weight excluding hydrogens is 324 g/mol. The van der Waals surface area contributed by atoms with E-state index in [9.17, 15) is 13.2 Å². The largest absolute Gasteiger partial charge is 0.356 e. The number of hydrogen-bond donors (Lipinski definition) is 1. The molecule has 6 heteroatoms. The first-order valence-corrected chi connectivity index (χ1v) is 9.97. The Hall–Kier alpha value is -1.40. The Morgan fingerprint density at radius 3 is 2.29 bits per heavy atom. The van der Waals surface area contributed by atoms with Crippen LogP contribution in [0.15, 0.2) is 35.2 Å². The van der Waals surface area contributed by atoms with Crippen molar-refractivity contribution in [3.8, 4) is 0 Å². The third-order valence-electron chi connectivity index (χ3n) is 4.38. The summed E-state index contributed by atoms with van der Waals surface area (Å²) in [5.41, 5.74) is 0.195. The standard InChI is InChI=1S/C18H28N2O3S/c1-18(2,3)11-12-19-17(21)15-9-13-20(14-10-15)24(22,23)16-7-5-4-6-8-16/h4-8,15H,9-14H2,1-3H3,(H,19,21). The van der Waals surface area contributed by atoms with Crippen LogP contribution in [0.2, 0.25) is 0 Å². The molecule has 1 aromatic rings. The molecule has 0 spiro atoms. The molecule has 0 saturated carbocycles. The van der Waals surface area contributed by atoms with Gasteiger partial charge in [-0.25, -0.2) is 8.42 Å². The molecule has 1 aromatic carbocycles. The Morgan fingerprint density at radius 2 is 1.75 bits per heavy atom. The smallest absolute Gasteiger partial charge is 0.243 e. The molecule has 0 bridgehead atoms. The molecule has 1 aliphatic rings. The Balaban J connectivity index is 1.86. The second kappa shape index (κ2) is 7.66. The van der Waals surface area contributed by atoms with E-state index in [1.807, 2.05) is 0 Å². The summed E-state index contributed by atoms with van der Waals surface area (Å²) in [6, 6.07) is 8.47. The fourth-order valence-corrected chi connectivity index (χ4v) is 4.30. The Bertz CT molecular complexity index is 643. The topological polar surface area (TPSA) is 66.5 Å². The van der Waals surface area contributed by atoms with Crippen LogP contribution in [-0.2, 0) is 14.8 Å². The molecule has 5 nitrogen and oxygen atoms in total. The molecule has 0 aromatic heterocycles. The van der Waals surface area contributed by atoms with Crippen molar-refractivity contribution >= 4 is 15.9 Å². The van der Waals surface area contributed by atoms with Crippen LogP contribution in [0, 0.1) is 11.3 Å². The Morgan fingerprint density at radius 1 is 1.17 bits per heavy atom. The van der Waals surface area contributed by atoms with Crippen LogP contribution >= 0.6 is 0 Å². The van der Waals surface area contributed by atoms with Crippen molar-refractivity contribution in [2.24, 2.45) is 11.3 Å². The molecule has 0 aliphatic carbocycles. The lowest BCUT2D eigenvalue weighted by Gasteiger charge is -2.30. The van der Waals surface area contributed by atoms with E-state index < -0.39 is 10.0 Å². The van der Waals surface area contributed by atoms with Gasteiger partial charge in [0.25, 0.3) is 0 Å². The highest BCUT2D eigenvalue weighted by molar-refractivity contribution is 7.89. The van der Waals surface area contributed by atoms with Gasteiger partial charge in [-0.05, 0) is 36.8 Å². The molecule has 0 atom stereocenters. The van der Waals surface area contributed by atoms with Gasteiger partial charge in [-0.15, -0.1) is 0 Å². The quantitative estimate of drug-likeness (QED) is 0.886. The number of carbonyl (C=O) groups excluding carboxylic acids is 1. The van der Waals surface area contributed by atoms with Gasteiger partial charge in [-0.2, -0.15) is 4.31 Å². The van der Waals surface area contributed by atoms with Gasteiger partial charge in [0.05, 0.1) is 4.90 Å². The molecule has 0 radical (unpaired) electrons. The second-order valence-corrected chi connectivity index (χ2v) is 9.53. The van der Waals surface area contributed by atoms with Crippen molar-refractivity contribution in [2.45, 2.75) is 44.9 Å². The lowest BCUT2D eigenvalue weighted by Crippen LogP contribution is -2.43. The summed E-state index contributed by atoms with van der Waals surface area (Å²) in [6.45, 7) is 7.90. The van der Waals surface area contributed by atoms with Gasteiger partial charge in [-0.3, -0.25) is 4.79 Å². The highest BCUT2D eigenvalue weighted by atomic mass is 32.2. The van der Waals surface area contributed by atoms with Gasteiger partial charge < -0.3 is 5.32 Å². The summed E-state index contributed by atoms with van der Waals surface area (Å²) < 4.78 is 26.6. The van der Waals surface area contributed by atoms with Gasteiger partial charge in [-0.1, -0.05) is 39.0 Å². The predicted octanol–water partition coefficient (Wildman–Crippen LogP) is 2.64. The number of hydrogen-bond acceptors (Lipinski definition) is 3. The average molecular weight is 353 g/mol. The SMILES string of the molecule is CC(C)(C)CCNC(=O)C1CCN(S(=O)(=O)c2ccccc2)CC1. The molecule has 2 rings (SSSR count). The van der Waals surface area contributed by atoms with Gasteiger partial charge in [0.1, 0.15) is 0 Å². The fraction of sp³-hybridized carbons (Fsp3) is 0.611. The summed E-state index contributed by atoms with van der Waals surface area (Å²) in [5.74, 6) is -0.0387.